The maximum Gasteiger partial charge on any atom is 0.352 e. The number of nitrogens with zero attached hydrogens (tertiary/aromatic N) is 5. The van der Waals surface area contributed by atoms with Crippen molar-refractivity contribution in [2.24, 2.45) is 12.2 Å². The van der Waals surface area contributed by atoms with Crippen molar-refractivity contribution in [3.05, 3.63) is 64.4 Å². The first-order valence-electron chi connectivity index (χ1n) is 14.8. The SMILES string of the molecule is Cc1cnc(-c2cc3c(cc2F)c(SCC2=C(C(=O)O)N4C(=O)C(NC(=O)C(=NOC(C)(C)C(=O)O)c5csc(N)n5)[C@@H]4SC2)cc[n+]3C)[nH]1. The number of anilines is 1. The molecule has 1 aromatic carbocycles. The number of amides is 2. The van der Waals surface area contributed by atoms with E-state index in [1.165, 1.54) is 48.8 Å². The highest BCUT2D eigenvalue weighted by molar-refractivity contribution is 8.01. The first-order chi connectivity index (χ1) is 23.7. The highest BCUT2D eigenvalue weighted by atomic mass is 32.2. The predicted molar refractivity (Wildman–Crippen MR) is 184 cm³/mol. The first-order valence-corrected chi connectivity index (χ1v) is 17.8. The number of oxime groups is 1. The van der Waals surface area contributed by atoms with Crippen molar-refractivity contribution in [2.45, 2.75) is 42.7 Å². The number of aliphatic carboxylic acids is 2. The van der Waals surface area contributed by atoms with Crippen molar-refractivity contribution in [2.75, 3.05) is 17.2 Å². The van der Waals surface area contributed by atoms with Gasteiger partial charge in [-0.05, 0) is 32.4 Å². The molecule has 2 atom stereocenters. The quantitative estimate of drug-likeness (QED) is 0.0493. The summed E-state index contributed by atoms with van der Waals surface area (Å²) in [5.41, 5.74) is 5.68. The van der Waals surface area contributed by atoms with Crippen LogP contribution in [0.4, 0.5) is 9.52 Å². The zero-order valence-electron chi connectivity index (χ0n) is 26.9. The van der Waals surface area contributed by atoms with Crippen LogP contribution in [0.5, 0.6) is 0 Å². The number of carboxylic acids is 2. The van der Waals surface area contributed by atoms with Crippen LogP contribution in [-0.4, -0.2) is 88.1 Å². The molecule has 2 aliphatic heterocycles. The largest absolute Gasteiger partial charge is 0.478 e. The van der Waals surface area contributed by atoms with Gasteiger partial charge in [0.1, 0.15) is 41.5 Å². The molecule has 6 N–H and O–H groups in total. The number of carbonyl (C=O) groups excluding carboxylic acids is 2. The predicted octanol–water partition coefficient (Wildman–Crippen LogP) is 2.66. The van der Waals surface area contributed by atoms with Gasteiger partial charge in [-0.15, -0.1) is 34.9 Å². The molecule has 2 aliphatic rings. The van der Waals surface area contributed by atoms with E-state index in [0.717, 1.165) is 27.4 Å². The molecule has 1 saturated heterocycles. The molecule has 0 radical (unpaired) electrons. The van der Waals surface area contributed by atoms with Crippen LogP contribution in [0.3, 0.4) is 0 Å². The Hall–Kier alpha value is -5.01. The van der Waals surface area contributed by atoms with Gasteiger partial charge in [0, 0.05) is 45.8 Å². The monoisotopic (exact) mass is 741 g/mol. The van der Waals surface area contributed by atoms with Crippen molar-refractivity contribution < 1.29 is 43.2 Å². The number of thiazole rings is 1. The fourth-order valence-corrected chi connectivity index (χ4v) is 8.29. The number of carboxylic acid groups (broad SMARTS) is 2. The van der Waals surface area contributed by atoms with E-state index in [0.29, 0.717) is 27.2 Å². The minimum Gasteiger partial charge on any atom is -0.478 e. The third kappa shape index (κ3) is 6.50. The topological polar surface area (TPSA) is 217 Å². The van der Waals surface area contributed by atoms with E-state index in [2.05, 4.69) is 25.4 Å². The molecule has 260 valence electrons. The molecule has 1 fully saturated rings. The minimum atomic E-state index is -1.79. The average molecular weight is 742 g/mol. The molecule has 2 amide bonds. The van der Waals surface area contributed by atoms with Crippen molar-refractivity contribution in [3.63, 3.8) is 0 Å². The van der Waals surface area contributed by atoms with E-state index in [9.17, 15) is 29.4 Å². The number of rotatable bonds is 11. The first kappa shape index (κ1) is 34.8. The lowest BCUT2D eigenvalue weighted by atomic mass is 10.0. The van der Waals surface area contributed by atoms with Gasteiger partial charge in [0.05, 0.1) is 10.9 Å². The molecule has 0 saturated carbocycles. The molecule has 5 heterocycles. The Kier molecular flexibility index (Phi) is 9.31. The van der Waals surface area contributed by atoms with Crippen LogP contribution in [0.1, 0.15) is 25.2 Å². The number of aryl methyl sites for hydroxylation is 2. The van der Waals surface area contributed by atoms with Gasteiger partial charge in [0.2, 0.25) is 11.1 Å². The molecular formula is C31H30FN8O7S3+. The van der Waals surface area contributed by atoms with Gasteiger partial charge in [0.25, 0.3) is 11.8 Å². The number of hydrogen-bond acceptors (Lipinski definition) is 12. The maximum atomic E-state index is 15.3. The summed E-state index contributed by atoms with van der Waals surface area (Å²) in [5, 5.41) is 27.3. The maximum absolute atomic E-state index is 15.3. The number of thioether (sulfide) groups is 2. The fraction of sp³-hybridized carbons (Fsp3) is 0.290. The fourth-order valence-electron chi connectivity index (χ4n) is 5.23. The van der Waals surface area contributed by atoms with Gasteiger partial charge in [-0.2, -0.15) is 0 Å². The number of benzene rings is 1. The second-order valence-corrected chi connectivity index (χ2v) is 14.9. The van der Waals surface area contributed by atoms with Crippen molar-refractivity contribution >= 4 is 80.4 Å². The second-order valence-electron chi connectivity index (χ2n) is 11.9. The number of fused-ring (bicyclic) bond motifs is 2. The van der Waals surface area contributed by atoms with Gasteiger partial charge in [-0.25, -0.2) is 28.5 Å². The van der Waals surface area contributed by atoms with Crippen LogP contribution in [0.2, 0.25) is 0 Å². The number of carbonyl (C=O) groups is 4. The number of H-pyrrole nitrogens is 1. The standard InChI is InChI=1S/C31H29FN8O7S3/c1-13-9-34-24(35-13)15-8-19-16(7-17(15)32)20(5-6-39(19)4)48-10-14-11-49-27-22(26(42)40(27)23(14)28(43)44)37-25(41)21(18-12-50-30(33)36-18)38-47-31(2,3)29(45)46/h5-9,12,22,27H,10-11H2,1-4H3,(H5,33,36,37,41,43,44,45,46)/p+1/t22?,27-/m0/s1. The number of nitrogens with one attached hydrogen (secondary N) is 2. The van der Waals surface area contributed by atoms with Crippen LogP contribution in [0.15, 0.2) is 57.3 Å². The summed E-state index contributed by atoms with van der Waals surface area (Å²) in [6, 6.07) is 3.85. The number of hydrogen-bond donors (Lipinski definition) is 5. The molecule has 0 spiro atoms. The van der Waals surface area contributed by atoms with Gasteiger partial charge in [-0.3, -0.25) is 14.5 Å². The molecule has 1 unspecified atom stereocenters. The summed E-state index contributed by atoms with van der Waals surface area (Å²) in [5.74, 6) is -3.80. The zero-order chi connectivity index (χ0) is 36.1. The van der Waals surface area contributed by atoms with Crippen molar-refractivity contribution in [1.29, 1.82) is 0 Å². The molecule has 0 bridgehead atoms. The molecule has 15 nitrogen and oxygen atoms in total. The third-order valence-electron chi connectivity index (χ3n) is 7.94. The summed E-state index contributed by atoms with van der Waals surface area (Å²) in [6.07, 6.45) is 3.45. The van der Waals surface area contributed by atoms with E-state index < -0.39 is 52.3 Å². The third-order valence-corrected chi connectivity index (χ3v) is 11.1. The van der Waals surface area contributed by atoms with Crippen LogP contribution < -0.4 is 15.6 Å². The highest BCUT2D eigenvalue weighted by Gasteiger charge is 2.54. The lowest BCUT2D eigenvalue weighted by Gasteiger charge is -2.49. The molecule has 3 aromatic heterocycles. The lowest BCUT2D eigenvalue weighted by Crippen LogP contribution is -2.71. The Morgan fingerprint density at radius 1 is 1.32 bits per heavy atom. The number of halogens is 1. The number of pyridine rings is 1. The normalized spacial score (nSPS) is 17.8. The Labute approximate surface area is 295 Å². The van der Waals surface area contributed by atoms with Crippen molar-refractivity contribution in [1.82, 2.24) is 25.2 Å². The van der Waals surface area contributed by atoms with E-state index >= 15 is 4.39 Å². The molecule has 6 rings (SSSR count). The second kappa shape index (κ2) is 13.4. The van der Waals surface area contributed by atoms with Crippen molar-refractivity contribution in [3.8, 4) is 11.4 Å². The molecular weight excluding hydrogens is 712 g/mol. The Bertz CT molecular complexity index is 2150. The molecule has 19 heteroatoms. The smallest absolute Gasteiger partial charge is 0.352 e. The van der Waals surface area contributed by atoms with E-state index in [-0.39, 0.29) is 28.0 Å². The van der Waals surface area contributed by atoms with Gasteiger partial charge in [-0.1, -0.05) is 5.16 Å². The summed E-state index contributed by atoms with van der Waals surface area (Å²) < 4.78 is 17.2. The van der Waals surface area contributed by atoms with Gasteiger partial charge >= 0.3 is 11.9 Å². The number of aromatic amines is 1. The number of imidazole rings is 1. The Balaban J connectivity index is 1.22. The summed E-state index contributed by atoms with van der Waals surface area (Å²) in [7, 11) is 1.84. The zero-order valence-corrected chi connectivity index (χ0v) is 29.3. The number of nitrogens with two attached hydrogens (primary N) is 1. The average Bonchev–Trinajstić information content (AvgIpc) is 3.70. The Morgan fingerprint density at radius 2 is 2.08 bits per heavy atom. The van der Waals surface area contributed by atoms with E-state index in [1.807, 2.05) is 30.8 Å². The summed E-state index contributed by atoms with van der Waals surface area (Å²) >= 11 is 3.61. The molecule has 4 aromatic rings. The molecule has 0 aliphatic carbocycles. The van der Waals surface area contributed by atoms with E-state index in [1.54, 1.807) is 12.3 Å². The lowest BCUT2D eigenvalue weighted by molar-refractivity contribution is -0.645. The molecule has 50 heavy (non-hydrogen) atoms. The summed E-state index contributed by atoms with van der Waals surface area (Å²) in [4.78, 5) is 69.1. The number of nitrogen functional groups attached to an aromatic ring is 1. The van der Waals surface area contributed by atoms with Gasteiger partial charge in [0.15, 0.2) is 17.0 Å². The summed E-state index contributed by atoms with van der Waals surface area (Å²) in [6.45, 7) is 4.31. The highest BCUT2D eigenvalue weighted by Crippen LogP contribution is 2.42. The van der Waals surface area contributed by atoms with Crippen LogP contribution in [-0.2, 0) is 31.1 Å². The van der Waals surface area contributed by atoms with E-state index in [4.69, 9.17) is 10.6 Å². The Morgan fingerprint density at radius 3 is 2.72 bits per heavy atom. The minimum absolute atomic E-state index is 0.00532. The number of aromatic nitrogens is 4. The van der Waals surface area contributed by atoms with Crippen LogP contribution >= 0.6 is 34.9 Å². The van der Waals surface area contributed by atoms with Crippen LogP contribution in [0, 0.1) is 12.7 Å². The number of β-lactam (4-membered cyclic amide) rings is 1. The van der Waals surface area contributed by atoms with Crippen LogP contribution in [0.25, 0.3) is 22.3 Å². The van der Waals surface area contributed by atoms with Gasteiger partial charge < -0.3 is 31.1 Å².